The minimum Gasteiger partial charge on any atom is -0.339 e. The predicted molar refractivity (Wildman–Crippen MR) is 73.8 cm³/mol. The highest BCUT2D eigenvalue weighted by Crippen LogP contribution is 2.16. The van der Waals surface area contributed by atoms with Gasteiger partial charge in [0.2, 0.25) is 11.7 Å². The van der Waals surface area contributed by atoms with Gasteiger partial charge in [0.15, 0.2) is 0 Å². The molecule has 2 rings (SSSR count). The summed E-state index contributed by atoms with van der Waals surface area (Å²) in [6.07, 6.45) is 6.76. The van der Waals surface area contributed by atoms with Crippen LogP contribution in [-0.2, 0) is 6.42 Å². The summed E-state index contributed by atoms with van der Waals surface area (Å²) < 4.78 is 5.20. The van der Waals surface area contributed by atoms with Crippen LogP contribution in [0.4, 0.5) is 0 Å². The highest BCUT2D eigenvalue weighted by Gasteiger charge is 2.09. The van der Waals surface area contributed by atoms with Crippen LogP contribution in [0.2, 0.25) is 5.02 Å². The van der Waals surface area contributed by atoms with Gasteiger partial charge in [-0.15, -0.1) is 0 Å². The monoisotopic (exact) mass is 280 g/mol. The van der Waals surface area contributed by atoms with E-state index in [1.54, 1.807) is 18.3 Å². The molecule has 5 nitrogen and oxygen atoms in total. The molecular weight excluding hydrogens is 264 g/mol. The zero-order chi connectivity index (χ0) is 13.5. The van der Waals surface area contributed by atoms with Gasteiger partial charge >= 0.3 is 0 Å². The van der Waals surface area contributed by atoms with Crippen LogP contribution in [-0.4, -0.2) is 21.7 Å². The van der Waals surface area contributed by atoms with Gasteiger partial charge in [-0.25, -0.2) is 0 Å². The fourth-order valence-electron chi connectivity index (χ4n) is 1.74. The molecule has 2 N–H and O–H groups in total. The Hall–Kier alpha value is -1.46. The Balaban J connectivity index is 1.86. The van der Waals surface area contributed by atoms with E-state index >= 15 is 0 Å². The second-order valence-electron chi connectivity index (χ2n) is 4.33. The molecule has 0 aromatic carbocycles. The summed E-state index contributed by atoms with van der Waals surface area (Å²) in [5, 5.41) is 4.51. The lowest BCUT2D eigenvalue weighted by molar-refractivity contribution is 0.374. The molecule has 2 aromatic rings. The largest absolute Gasteiger partial charge is 0.339 e. The molecule has 0 saturated carbocycles. The number of unbranched alkanes of at least 4 members (excludes halogenated alkanes) is 3. The first-order valence-corrected chi connectivity index (χ1v) is 6.82. The zero-order valence-corrected chi connectivity index (χ0v) is 11.4. The summed E-state index contributed by atoms with van der Waals surface area (Å²) in [7, 11) is 0. The van der Waals surface area contributed by atoms with Crippen molar-refractivity contribution in [2.45, 2.75) is 32.1 Å². The lowest BCUT2D eigenvalue weighted by atomic mass is 10.1. The van der Waals surface area contributed by atoms with Crippen LogP contribution < -0.4 is 5.73 Å². The average molecular weight is 281 g/mol. The van der Waals surface area contributed by atoms with Gasteiger partial charge in [-0.3, -0.25) is 4.98 Å². The maximum Gasteiger partial charge on any atom is 0.227 e. The normalized spacial score (nSPS) is 10.8. The van der Waals surface area contributed by atoms with Crippen molar-refractivity contribution in [3.8, 4) is 11.5 Å². The summed E-state index contributed by atoms with van der Waals surface area (Å²) in [5.74, 6) is 1.16. The molecule has 0 radical (unpaired) electrons. The molecule has 102 valence electrons. The van der Waals surface area contributed by atoms with Gasteiger partial charge in [0.1, 0.15) is 5.69 Å². The molecule has 0 spiro atoms. The highest BCUT2D eigenvalue weighted by atomic mass is 35.5. The Kier molecular flexibility index (Phi) is 5.30. The lowest BCUT2D eigenvalue weighted by Gasteiger charge is -1.96. The highest BCUT2D eigenvalue weighted by molar-refractivity contribution is 6.30. The lowest BCUT2D eigenvalue weighted by Crippen LogP contribution is -1.97. The van der Waals surface area contributed by atoms with Gasteiger partial charge in [0.05, 0.1) is 5.02 Å². The summed E-state index contributed by atoms with van der Waals surface area (Å²) in [4.78, 5) is 8.47. The standard InChI is InChI=1S/C13H17ClN4O/c14-10-6-7-11(16-9-10)13-17-12(19-18-13)5-3-1-2-4-8-15/h6-7,9H,1-5,8,15H2. The van der Waals surface area contributed by atoms with Crippen molar-refractivity contribution in [2.75, 3.05) is 6.54 Å². The topological polar surface area (TPSA) is 77.8 Å². The minimum atomic E-state index is 0.508. The van der Waals surface area contributed by atoms with Gasteiger partial charge < -0.3 is 10.3 Å². The van der Waals surface area contributed by atoms with Crippen LogP contribution in [0.25, 0.3) is 11.5 Å². The van der Waals surface area contributed by atoms with Gasteiger partial charge in [-0.05, 0) is 31.5 Å². The Bertz CT molecular complexity index is 498. The Morgan fingerprint density at radius 1 is 1.16 bits per heavy atom. The van der Waals surface area contributed by atoms with Crippen molar-refractivity contribution in [2.24, 2.45) is 5.73 Å². The molecule has 0 aliphatic heterocycles. The molecule has 0 bridgehead atoms. The SMILES string of the molecule is NCCCCCCc1nc(-c2ccc(Cl)cn2)no1. The molecule has 0 atom stereocenters. The van der Waals surface area contributed by atoms with E-state index in [0.29, 0.717) is 22.4 Å². The summed E-state index contributed by atoms with van der Waals surface area (Å²) in [6.45, 7) is 0.757. The van der Waals surface area contributed by atoms with E-state index in [0.717, 1.165) is 38.6 Å². The zero-order valence-electron chi connectivity index (χ0n) is 10.7. The fourth-order valence-corrected chi connectivity index (χ4v) is 1.85. The third-order valence-corrected chi connectivity index (χ3v) is 2.99. The molecule has 0 saturated heterocycles. The van der Waals surface area contributed by atoms with Crippen molar-refractivity contribution >= 4 is 11.6 Å². The van der Waals surface area contributed by atoms with E-state index in [2.05, 4.69) is 15.1 Å². The number of rotatable bonds is 7. The first-order chi connectivity index (χ1) is 9.29. The van der Waals surface area contributed by atoms with Crippen LogP contribution >= 0.6 is 11.6 Å². The van der Waals surface area contributed by atoms with E-state index < -0.39 is 0 Å². The van der Waals surface area contributed by atoms with Gasteiger partial charge in [-0.2, -0.15) is 4.98 Å². The van der Waals surface area contributed by atoms with Gasteiger partial charge in [0, 0.05) is 12.6 Å². The van der Waals surface area contributed by atoms with Crippen LogP contribution in [0.3, 0.4) is 0 Å². The Morgan fingerprint density at radius 2 is 2.00 bits per heavy atom. The third-order valence-electron chi connectivity index (χ3n) is 2.77. The molecule has 0 amide bonds. The quantitative estimate of drug-likeness (QED) is 0.789. The Labute approximate surface area is 117 Å². The summed E-state index contributed by atoms with van der Waals surface area (Å²) in [5.41, 5.74) is 6.11. The van der Waals surface area contributed by atoms with E-state index in [9.17, 15) is 0 Å². The first kappa shape index (κ1) is 14.0. The predicted octanol–water partition coefficient (Wildman–Crippen LogP) is 2.85. The number of aryl methyl sites for hydroxylation is 1. The molecule has 2 aromatic heterocycles. The van der Waals surface area contributed by atoms with E-state index in [4.69, 9.17) is 21.9 Å². The molecule has 0 aliphatic rings. The summed E-state index contributed by atoms with van der Waals surface area (Å²) in [6, 6.07) is 3.53. The molecule has 0 fully saturated rings. The van der Waals surface area contributed by atoms with Crippen molar-refractivity contribution in [1.29, 1.82) is 0 Å². The number of halogens is 1. The van der Waals surface area contributed by atoms with E-state index in [1.165, 1.54) is 0 Å². The van der Waals surface area contributed by atoms with Gasteiger partial charge in [0.25, 0.3) is 0 Å². The van der Waals surface area contributed by atoms with Crippen molar-refractivity contribution < 1.29 is 4.52 Å². The Morgan fingerprint density at radius 3 is 2.74 bits per heavy atom. The average Bonchev–Trinajstić information content (AvgIpc) is 2.88. The maximum atomic E-state index is 5.78. The third kappa shape index (κ3) is 4.29. The van der Waals surface area contributed by atoms with Crippen LogP contribution in [0, 0.1) is 0 Å². The number of nitrogens with zero attached hydrogens (tertiary/aromatic N) is 3. The maximum absolute atomic E-state index is 5.78. The van der Waals surface area contributed by atoms with Crippen molar-refractivity contribution in [3.05, 3.63) is 29.2 Å². The second-order valence-corrected chi connectivity index (χ2v) is 4.76. The molecular formula is C13H17ClN4O. The molecule has 2 heterocycles. The molecule has 0 aliphatic carbocycles. The fraction of sp³-hybridized carbons (Fsp3) is 0.462. The first-order valence-electron chi connectivity index (χ1n) is 6.44. The van der Waals surface area contributed by atoms with Crippen LogP contribution in [0.15, 0.2) is 22.9 Å². The number of hydrogen-bond acceptors (Lipinski definition) is 5. The van der Waals surface area contributed by atoms with E-state index in [-0.39, 0.29) is 0 Å². The van der Waals surface area contributed by atoms with Gasteiger partial charge in [-0.1, -0.05) is 29.6 Å². The van der Waals surface area contributed by atoms with Crippen LogP contribution in [0.5, 0.6) is 0 Å². The number of pyridine rings is 1. The van der Waals surface area contributed by atoms with Crippen LogP contribution in [0.1, 0.15) is 31.6 Å². The van der Waals surface area contributed by atoms with E-state index in [1.807, 2.05) is 0 Å². The minimum absolute atomic E-state index is 0.508. The molecule has 0 unspecified atom stereocenters. The number of aromatic nitrogens is 3. The molecule has 19 heavy (non-hydrogen) atoms. The summed E-state index contributed by atoms with van der Waals surface area (Å²) >= 11 is 5.78. The number of nitrogens with two attached hydrogens (primary N) is 1. The van der Waals surface area contributed by atoms with Crippen molar-refractivity contribution in [3.63, 3.8) is 0 Å². The number of hydrogen-bond donors (Lipinski definition) is 1. The second kappa shape index (κ2) is 7.21. The van der Waals surface area contributed by atoms with Crippen molar-refractivity contribution in [1.82, 2.24) is 15.1 Å². The smallest absolute Gasteiger partial charge is 0.227 e. The molecule has 6 heteroatoms.